The summed E-state index contributed by atoms with van der Waals surface area (Å²) in [7, 11) is 3.40. The third-order valence-corrected chi connectivity index (χ3v) is 2.76. The zero-order chi connectivity index (χ0) is 13.0. The molecule has 1 aromatic carbocycles. The van der Waals surface area contributed by atoms with Gasteiger partial charge in [0.2, 0.25) is 5.91 Å². The van der Waals surface area contributed by atoms with Crippen LogP contribution in [0.3, 0.4) is 0 Å². The molecule has 0 N–H and O–H groups in total. The molecule has 0 aromatic heterocycles. The number of nitrogens with zero attached hydrogens (tertiary/aromatic N) is 1. The lowest BCUT2D eigenvalue weighted by atomic mass is 9.99. The zero-order valence-corrected chi connectivity index (χ0v) is 10.9. The van der Waals surface area contributed by atoms with E-state index in [1.807, 2.05) is 32.0 Å². The van der Waals surface area contributed by atoms with Crippen LogP contribution in [0.5, 0.6) is 0 Å². The van der Waals surface area contributed by atoms with Gasteiger partial charge >= 0.3 is 0 Å². The van der Waals surface area contributed by atoms with E-state index < -0.39 is 0 Å². The summed E-state index contributed by atoms with van der Waals surface area (Å²) >= 11 is 0. The minimum absolute atomic E-state index is 0.0105. The average molecular weight is 233 g/mol. The fourth-order valence-electron chi connectivity index (χ4n) is 1.61. The van der Waals surface area contributed by atoms with Crippen LogP contribution in [0.25, 0.3) is 0 Å². The van der Waals surface area contributed by atoms with Crippen LogP contribution in [0.15, 0.2) is 18.2 Å². The van der Waals surface area contributed by atoms with Crippen LogP contribution < -0.4 is 0 Å². The molecule has 1 aromatic rings. The summed E-state index contributed by atoms with van der Waals surface area (Å²) < 4.78 is 0. The molecule has 92 valence electrons. The predicted octanol–water partition coefficient (Wildman–Crippen LogP) is 2.35. The number of amides is 1. The second-order valence-corrected chi connectivity index (χ2v) is 4.53. The number of hydrogen-bond donors (Lipinski definition) is 0. The molecule has 0 fully saturated rings. The van der Waals surface area contributed by atoms with Crippen LogP contribution in [-0.4, -0.2) is 30.7 Å². The Balaban J connectivity index is 2.70. The summed E-state index contributed by atoms with van der Waals surface area (Å²) in [6.07, 6.45) is 0.556. The largest absolute Gasteiger partial charge is 0.349 e. The van der Waals surface area contributed by atoms with Crippen LogP contribution in [0.1, 0.15) is 34.3 Å². The Morgan fingerprint density at radius 2 is 1.76 bits per heavy atom. The number of aryl methyl sites for hydroxylation is 2. The summed E-state index contributed by atoms with van der Waals surface area (Å²) in [6.45, 7) is 3.88. The van der Waals surface area contributed by atoms with Gasteiger partial charge in [-0.25, -0.2) is 0 Å². The SMILES string of the molecule is Cc1ccc(C)c(C(=O)CCC(=O)N(C)C)c1. The van der Waals surface area contributed by atoms with Crippen molar-refractivity contribution in [3.8, 4) is 0 Å². The third-order valence-electron chi connectivity index (χ3n) is 2.76. The Hall–Kier alpha value is -1.64. The lowest BCUT2D eigenvalue weighted by Gasteiger charge is -2.10. The van der Waals surface area contributed by atoms with Crippen molar-refractivity contribution in [1.29, 1.82) is 0 Å². The van der Waals surface area contributed by atoms with Crippen LogP contribution in [0, 0.1) is 13.8 Å². The van der Waals surface area contributed by atoms with Crippen LogP contribution in [0.2, 0.25) is 0 Å². The molecule has 0 aliphatic rings. The van der Waals surface area contributed by atoms with E-state index in [1.54, 1.807) is 14.1 Å². The van der Waals surface area contributed by atoms with Gasteiger partial charge in [0.1, 0.15) is 0 Å². The Labute approximate surface area is 102 Å². The van der Waals surface area contributed by atoms with Gasteiger partial charge in [-0.3, -0.25) is 9.59 Å². The van der Waals surface area contributed by atoms with E-state index in [1.165, 1.54) is 4.90 Å². The fourth-order valence-corrected chi connectivity index (χ4v) is 1.61. The third kappa shape index (κ3) is 3.70. The van der Waals surface area contributed by atoms with Gasteiger partial charge in [-0.2, -0.15) is 0 Å². The summed E-state index contributed by atoms with van der Waals surface area (Å²) in [4.78, 5) is 24.9. The van der Waals surface area contributed by atoms with E-state index >= 15 is 0 Å². The standard InChI is InChI=1S/C14H19NO2/c1-10-5-6-11(2)12(9-10)13(16)7-8-14(17)15(3)4/h5-6,9H,7-8H2,1-4H3. The topological polar surface area (TPSA) is 37.4 Å². The maximum absolute atomic E-state index is 12.0. The number of rotatable bonds is 4. The minimum atomic E-state index is -0.0105. The van der Waals surface area contributed by atoms with Gasteiger partial charge in [0, 0.05) is 32.5 Å². The Morgan fingerprint density at radius 3 is 2.35 bits per heavy atom. The van der Waals surface area contributed by atoms with Crippen LogP contribution >= 0.6 is 0 Å². The Bertz CT molecular complexity index is 436. The summed E-state index contributed by atoms with van der Waals surface area (Å²) in [5, 5.41) is 0. The molecule has 0 heterocycles. The highest BCUT2D eigenvalue weighted by molar-refractivity contribution is 5.99. The predicted molar refractivity (Wildman–Crippen MR) is 68.2 cm³/mol. The second-order valence-electron chi connectivity index (χ2n) is 4.53. The summed E-state index contributed by atoms with van der Waals surface area (Å²) in [6, 6.07) is 5.81. The van der Waals surface area contributed by atoms with Gasteiger partial charge < -0.3 is 4.90 Å². The maximum atomic E-state index is 12.0. The van der Waals surface area contributed by atoms with E-state index in [9.17, 15) is 9.59 Å². The number of ketones is 1. The van der Waals surface area contributed by atoms with Gasteiger partial charge in [0.25, 0.3) is 0 Å². The highest BCUT2D eigenvalue weighted by Gasteiger charge is 2.12. The molecular formula is C14H19NO2. The number of carbonyl (C=O) groups excluding carboxylic acids is 2. The van der Waals surface area contributed by atoms with Gasteiger partial charge in [-0.05, 0) is 25.5 Å². The van der Waals surface area contributed by atoms with Gasteiger partial charge in [-0.15, -0.1) is 0 Å². The summed E-state index contributed by atoms with van der Waals surface area (Å²) in [5.74, 6) is 0.0325. The van der Waals surface area contributed by atoms with Crippen molar-refractivity contribution >= 4 is 11.7 Å². The maximum Gasteiger partial charge on any atom is 0.222 e. The summed E-state index contributed by atoms with van der Waals surface area (Å²) in [5.41, 5.74) is 2.77. The molecule has 0 unspecified atom stereocenters. The molecule has 0 spiro atoms. The lowest BCUT2D eigenvalue weighted by molar-refractivity contribution is -0.128. The quantitative estimate of drug-likeness (QED) is 0.749. The van der Waals surface area contributed by atoms with Gasteiger partial charge in [-0.1, -0.05) is 17.7 Å². The Morgan fingerprint density at radius 1 is 1.12 bits per heavy atom. The molecular weight excluding hydrogens is 214 g/mol. The first kappa shape index (κ1) is 13.4. The van der Waals surface area contributed by atoms with Crippen molar-refractivity contribution in [2.24, 2.45) is 0 Å². The van der Waals surface area contributed by atoms with Gasteiger partial charge in [0.15, 0.2) is 5.78 Å². The van der Waals surface area contributed by atoms with Crippen molar-refractivity contribution in [1.82, 2.24) is 4.90 Å². The number of hydrogen-bond acceptors (Lipinski definition) is 2. The minimum Gasteiger partial charge on any atom is -0.349 e. The molecule has 1 rings (SSSR count). The Kier molecular flexibility index (Phi) is 4.44. The normalized spacial score (nSPS) is 10.1. The second kappa shape index (κ2) is 5.62. The van der Waals surface area contributed by atoms with Crippen molar-refractivity contribution in [2.45, 2.75) is 26.7 Å². The fraction of sp³-hybridized carbons (Fsp3) is 0.429. The monoisotopic (exact) mass is 233 g/mol. The molecule has 1 amide bonds. The molecule has 0 atom stereocenters. The van der Waals surface area contributed by atoms with Gasteiger partial charge in [0.05, 0.1) is 0 Å². The molecule has 0 saturated heterocycles. The van der Waals surface area contributed by atoms with Crippen LogP contribution in [-0.2, 0) is 4.79 Å². The highest BCUT2D eigenvalue weighted by atomic mass is 16.2. The van der Waals surface area contributed by atoms with E-state index in [0.29, 0.717) is 0 Å². The van der Waals surface area contributed by atoms with Crippen LogP contribution in [0.4, 0.5) is 0 Å². The smallest absolute Gasteiger partial charge is 0.222 e. The number of Topliss-reactive ketones (excluding diaryl/α,β-unsaturated/α-hetero) is 1. The van der Waals surface area contributed by atoms with Crippen molar-refractivity contribution in [2.75, 3.05) is 14.1 Å². The first-order chi connectivity index (χ1) is 7.91. The number of carbonyl (C=O) groups is 2. The number of benzene rings is 1. The molecule has 0 bridgehead atoms. The molecule has 0 radical (unpaired) electrons. The average Bonchev–Trinajstić information content (AvgIpc) is 2.28. The molecule has 17 heavy (non-hydrogen) atoms. The molecule has 3 nitrogen and oxygen atoms in total. The van der Waals surface area contributed by atoms with E-state index in [2.05, 4.69) is 0 Å². The van der Waals surface area contributed by atoms with Crippen molar-refractivity contribution < 1.29 is 9.59 Å². The van der Waals surface area contributed by atoms with E-state index in [4.69, 9.17) is 0 Å². The highest BCUT2D eigenvalue weighted by Crippen LogP contribution is 2.14. The zero-order valence-electron chi connectivity index (χ0n) is 10.9. The van der Waals surface area contributed by atoms with Crippen molar-refractivity contribution in [3.63, 3.8) is 0 Å². The molecule has 0 saturated carbocycles. The molecule has 0 aliphatic heterocycles. The molecule has 3 heteroatoms. The van der Waals surface area contributed by atoms with E-state index in [0.717, 1.165) is 16.7 Å². The first-order valence-corrected chi connectivity index (χ1v) is 5.72. The molecule has 0 aliphatic carbocycles. The first-order valence-electron chi connectivity index (χ1n) is 5.72. The lowest BCUT2D eigenvalue weighted by Crippen LogP contribution is -2.22. The van der Waals surface area contributed by atoms with E-state index in [-0.39, 0.29) is 24.5 Å². The van der Waals surface area contributed by atoms with Crippen molar-refractivity contribution in [3.05, 3.63) is 34.9 Å².